The number of rotatable bonds is 4. The molecule has 0 aliphatic carbocycles. The van der Waals surface area contributed by atoms with Gasteiger partial charge in [0.1, 0.15) is 11.4 Å². The smallest absolute Gasteiger partial charge is 0.339 e. The van der Waals surface area contributed by atoms with Crippen molar-refractivity contribution >= 4 is 11.8 Å². The van der Waals surface area contributed by atoms with Gasteiger partial charge in [0.2, 0.25) is 0 Å². The number of carboxylic acid groups (broad SMARTS) is 1. The van der Waals surface area contributed by atoms with Crippen LogP contribution in [-0.2, 0) is 6.54 Å². The van der Waals surface area contributed by atoms with Crippen molar-refractivity contribution in [2.45, 2.75) is 6.54 Å². The Balaban J connectivity index is 2.12. The van der Waals surface area contributed by atoms with Crippen molar-refractivity contribution < 1.29 is 9.90 Å². The van der Waals surface area contributed by atoms with Crippen molar-refractivity contribution in [2.24, 2.45) is 0 Å². The minimum atomic E-state index is -0.994. The van der Waals surface area contributed by atoms with E-state index < -0.39 is 5.97 Å². The zero-order chi connectivity index (χ0) is 12.1. The number of nitrogens with zero attached hydrogens (tertiary/aromatic N) is 2. The first-order valence-electron chi connectivity index (χ1n) is 5.08. The summed E-state index contributed by atoms with van der Waals surface area (Å²) in [5, 5.41) is 11.9. The molecule has 2 aromatic rings. The van der Waals surface area contributed by atoms with E-state index in [1.165, 1.54) is 6.07 Å². The van der Waals surface area contributed by atoms with Crippen LogP contribution < -0.4 is 5.32 Å². The fourth-order valence-corrected chi connectivity index (χ4v) is 1.41. The Bertz CT molecular complexity index is 514. The summed E-state index contributed by atoms with van der Waals surface area (Å²) in [7, 11) is 0. The molecule has 2 rings (SSSR count). The summed E-state index contributed by atoms with van der Waals surface area (Å²) >= 11 is 0. The van der Waals surface area contributed by atoms with Crippen LogP contribution in [0.3, 0.4) is 0 Å². The molecule has 0 spiro atoms. The highest BCUT2D eigenvalue weighted by Crippen LogP contribution is 2.12. The monoisotopic (exact) mass is 229 g/mol. The van der Waals surface area contributed by atoms with Gasteiger partial charge in [0.15, 0.2) is 0 Å². The SMILES string of the molecule is O=C(O)c1cccnc1NCc1cccnc1. The van der Waals surface area contributed by atoms with Crippen LogP contribution in [-0.4, -0.2) is 21.0 Å². The number of carboxylic acids is 1. The van der Waals surface area contributed by atoms with Crippen LogP contribution in [0, 0.1) is 0 Å². The molecule has 5 nitrogen and oxygen atoms in total. The van der Waals surface area contributed by atoms with E-state index >= 15 is 0 Å². The molecule has 0 atom stereocenters. The Morgan fingerprint density at radius 3 is 2.82 bits per heavy atom. The molecule has 17 heavy (non-hydrogen) atoms. The number of aromatic nitrogens is 2. The van der Waals surface area contributed by atoms with Crippen molar-refractivity contribution in [3.63, 3.8) is 0 Å². The van der Waals surface area contributed by atoms with Crippen molar-refractivity contribution in [1.82, 2.24) is 9.97 Å². The lowest BCUT2D eigenvalue weighted by molar-refractivity contribution is 0.0697. The topological polar surface area (TPSA) is 75.1 Å². The van der Waals surface area contributed by atoms with Gasteiger partial charge in [-0.1, -0.05) is 6.07 Å². The Kier molecular flexibility index (Phi) is 3.30. The van der Waals surface area contributed by atoms with E-state index in [4.69, 9.17) is 5.11 Å². The number of hydrogen-bond acceptors (Lipinski definition) is 4. The maximum absolute atomic E-state index is 10.9. The first-order valence-corrected chi connectivity index (χ1v) is 5.08. The molecule has 0 aromatic carbocycles. The number of aromatic carboxylic acids is 1. The number of nitrogens with one attached hydrogen (secondary N) is 1. The van der Waals surface area contributed by atoms with Crippen LogP contribution in [0.25, 0.3) is 0 Å². The van der Waals surface area contributed by atoms with E-state index in [0.717, 1.165) is 5.56 Å². The Hall–Kier alpha value is -2.43. The van der Waals surface area contributed by atoms with E-state index in [1.807, 2.05) is 12.1 Å². The molecule has 0 unspecified atom stereocenters. The van der Waals surface area contributed by atoms with Gasteiger partial charge in [-0.3, -0.25) is 4.98 Å². The number of anilines is 1. The molecule has 0 saturated heterocycles. The zero-order valence-electron chi connectivity index (χ0n) is 9.00. The van der Waals surface area contributed by atoms with Gasteiger partial charge in [-0.05, 0) is 23.8 Å². The van der Waals surface area contributed by atoms with Crippen molar-refractivity contribution in [1.29, 1.82) is 0 Å². The van der Waals surface area contributed by atoms with Crippen molar-refractivity contribution in [2.75, 3.05) is 5.32 Å². The first kappa shape index (κ1) is 11.1. The fraction of sp³-hybridized carbons (Fsp3) is 0.0833. The van der Waals surface area contributed by atoms with Crippen LogP contribution in [0.15, 0.2) is 42.9 Å². The normalized spacial score (nSPS) is 9.88. The van der Waals surface area contributed by atoms with Crippen molar-refractivity contribution in [3.05, 3.63) is 54.0 Å². The summed E-state index contributed by atoms with van der Waals surface area (Å²) in [4.78, 5) is 18.9. The minimum Gasteiger partial charge on any atom is -0.478 e. The number of hydrogen-bond donors (Lipinski definition) is 2. The molecule has 0 amide bonds. The van der Waals surface area contributed by atoms with Crippen LogP contribution in [0.5, 0.6) is 0 Å². The van der Waals surface area contributed by atoms with Crippen molar-refractivity contribution in [3.8, 4) is 0 Å². The van der Waals surface area contributed by atoms with Gasteiger partial charge in [-0.2, -0.15) is 0 Å². The lowest BCUT2D eigenvalue weighted by Crippen LogP contribution is -2.08. The Morgan fingerprint density at radius 2 is 2.12 bits per heavy atom. The highest BCUT2D eigenvalue weighted by atomic mass is 16.4. The van der Waals surface area contributed by atoms with Gasteiger partial charge in [0, 0.05) is 25.1 Å². The van der Waals surface area contributed by atoms with Crippen LogP contribution in [0.1, 0.15) is 15.9 Å². The van der Waals surface area contributed by atoms with Gasteiger partial charge >= 0.3 is 5.97 Å². The molecule has 0 bridgehead atoms. The maximum Gasteiger partial charge on any atom is 0.339 e. The molecule has 0 saturated carbocycles. The second-order valence-corrected chi connectivity index (χ2v) is 3.42. The van der Waals surface area contributed by atoms with E-state index in [9.17, 15) is 4.79 Å². The lowest BCUT2D eigenvalue weighted by Gasteiger charge is -2.07. The molecular formula is C12H11N3O2. The first-order chi connectivity index (χ1) is 8.27. The predicted octanol–water partition coefficient (Wildman–Crippen LogP) is 1.79. The summed E-state index contributed by atoms with van der Waals surface area (Å²) in [6.45, 7) is 0.491. The summed E-state index contributed by atoms with van der Waals surface area (Å²) < 4.78 is 0. The predicted molar refractivity (Wildman–Crippen MR) is 62.8 cm³/mol. The third-order valence-corrected chi connectivity index (χ3v) is 2.22. The van der Waals surface area contributed by atoms with Crippen LogP contribution in [0.2, 0.25) is 0 Å². The molecule has 0 aliphatic rings. The van der Waals surface area contributed by atoms with E-state index in [-0.39, 0.29) is 5.56 Å². The second-order valence-electron chi connectivity index (χ2n) is 3.42. The average Bonchev–Trinajstić information content (AvgIpc) is 2.38. The second kappa shape index (κ2) is 5.07. The molecule has 86 valence electrons. The third kappa shape index (κ3) is 2.78. The summed E-state index contributed by atoms with van der Waals surface area (Å²) in [6, 6.07) is 6.84. The molecular weight excluding hydrogens is 218 g/mol. The molecule has 0 fully saturated rings. The average molecular weight is 229 g/mol. The van der Waals surface area contributed by atoms with Gasteiger partial charge < -0.3 is 10.4 Å². The molecule has 0 radical (unpaired) electrons. The highest BCUT2D eigenvalue weighted by Gasteiger charge is 2.09. The maximum atomic E-state index is 10.9. The zero-order valence-corrected chi connectivity index (χ0v) is 9.00. The largest absolute Gasteiger partial charge is 0.478 e. The third-order valence-electron chi connectivity index (χ3n) is 2.22. The van der Waals surface area contributed by atoms with Gasteiger partial charge in [0.05, 0.1) is 0 Å². The number of pyridine rings is 2. The van der Waals surface area contributed by atoms with E-state index in [2.05, 4.69) is 15.3 Å². The van der Waals surface area contributed by atoms with Gasteiger partial charge in [0.25, 0.3) is 0 Å². The lowest BCUT2D eigenvalue weighted by atomic mass is 10.2. The number of carbonyl (C=O) groups is 1. The highest BCUT2D eigenvalue weighted by molar-refractivity contribution is 5.92. The quantitative estimate of drug-likeness (QED) is 0.835. The van der Waals surface area contributed by atoms with Gasteiger partial charge in [-0.25, -0.2) is 9.78 Å². The van der Waals surface area contributed by atoms with Crippen LogP contribution >= 0.6 is 0 Å². The Labute approximate surface area is 98.2 Å². The molecule has 5 heteroatoms. The molecule has 2 N–H and O–H groups in total. The minimum absolute atomic E-state index is 0.163. The molecule has 2 aromatic heterocycles. The van der Waals surface area contributed by atoms with E-state index in [1.54, 1.807) is 24.7 Å². The summed E-state index contributed by atoms with van der Waals surface area (Å²) in [6.07, 6.45) is 4.96. The van der Waals surface area contributed by atoms with Crippen LogP contribution in [0.4, 0.5) is 5.82 Å². The fourth-order valence-electron chi connectivity index (χ4n) is 1.41. The molecule has 2 heterocycles. The Morgan fingerprint density at radius 1 is 1.29 bits per heavy atom. The van der Waals surface area contributed by atoms with E-state index in [0.29, 0.717) is 12.4 Å². The standard InChI is InChI=1S/C12H11N3O2/c16-12(17)10-4-2-6-14-11(10)15-8-9-3-1-5-13-7-9/h1-7H,8H2,(H,14,15)(H,16,17). The molecule has 0 aliphatic heterocycles. The van der Waals surface area contributed by atoms with Gasteiger partial charge in [-0.15, -0.1) is 0 Å². The summed E-state index contributed by atoms with van der Waals surface area (Å²) in [5.74, 6) is -0.629. The summed E-state index contributed by atoms with van der Waals surface area (Å²) in [5.41, 5.74) is 1.13.